The van der Waals surface area contributed by atoms with E-state index in [4.69, 9.17) is 0 Å². The molecule has 0 saturated carbocycles. The summed E-state index contributed by atoms with van der Waals surface area (Å²) in [5.41, 5.74) is 5.60. The quantitative estimate of drug-likeness (QED) is 0.558. The highest BCUT2D eigenvalue weighted by atomic mass is 16.3. The lowest BCUT2D eigenvalue weighted by molar-refractivity contribution is 0.475. The van der Waals surface area contributed by atoms with Gasteiger partial charge in [-0.1, -0.05) is 30.3 Å². The number of aromatic amines is 1. The van der Waals surface area contributed by atoms with Crippen molar-refractivity contribution in [2.45, 2.75) is 0 Å². The standard InChI is InChI=1S/C19H16N2O/c1-21-12-4-7-17(21)19-18(13-8-10-14(22)11-9-13)15-5-2-3-6-16(15)20-19/h2-12,20,22H,1H3. The summed E-state index contributed by atoms with van der Waals surface area (Å²) in [7, 11) is 2.04. The lowest BCUT2D eigenvalue weighted by atomic mass is 10.0. The Labute approximate surface area is 128 Å². The number of phenols is 1. The Hall–Kier alpha value is -2.94. The molecule has 3 heteroatoms. The van der Waals surface area contributed by atoms with Gasteiger partial charge in [-0.2, -0.15) is 0 Å². The summed E-state index contributed by atoms with van der Waals surface area (Å²) >= 11 is 0. The highest BCUT2D eigenvalue weighted by Gasteiger charge is 2.16. The Balaban J connectivity index is 2.06. The van der Waals surface area contributed by atoms with Crippen molar-refractivity contribution < 1.29 is 5.11 Å². The summed E-state index contributed by atoms with van der Waals surface area (Å²) in [6.07, 6.45) is 2.04. The largest absolute Gasteiger partial charge is 0.508 e. The fourth-order valence-corrected chi connectivity index (χ4v) is 2.98. The van der Waals surface area contributed by atoms with Gasteiger partial charge in [-0.15, -0.1) is 0 Å². The van der Waals surface area contributed by atoms with E-state index < -0.39 is 0 Å². The third kappa shape index (κ3) is 1.91. The van der Waals surface area contributed by atoms with E-state index in [0.29, 0.717) is 0 Å². The topological polar surface area (TPSA) is 41.0 Å². The van der Waals surface area contributed by atoms with Crippen LogP contribution < -0.4 is 0 Å². The maximum atomic E-state index is 9.55. The number of benzene rings is 2. The van der Waals surface area contributed by atoms with Gasteiger partial charge >= 0.3 is 0 Å². The number of aryl methyl sites for hydroxylation is 1. The molecule has 108 valence electrons. The molecular weight excluding hydrogens is 272 g/mol. The highest BCUT2D eigenvalue weighted by molar-refractivity contribution is 6.03. The van der Waals surface area contributed by atoms with Gasteiger partial charge < -0.3 is 14.7 Å². The van der Waals surface area contributed by atoms with E-state index in [1.807, 2.05) is 37.5 Å². The minimum absolute atomic E-state index is 0.281. The van der Waals surface area contributed by atoms with Crippen LogP contribution in [-0.2, 0) is 7.05 Å². The van der Waals surface area contributed by atoms with Crippen LogP contribution in [-0.4, -0.2) is 14.7 Å². The molecule has 4 rings (SSSR count). The first-order valence-electron chi connectivity index (χ1n) is 7.26. The maximum absolute atomic E-state index is 9.55. The molecule has 3 nitrogen and oxygen atoms in total. The molecule has 0 aliphatic carbocycles. The number of hydrogen-bond donors (Lipinski definition) is 2. The molecule has 0 aliphatic heterocycles. The van der Waals surface area contributed by atoms with Crippen molar-refractivity contribution >= 4 is 10.9 Å². The van der Waals surface area contributed by atoms with Crippen molar-refractivity contribution in [3.05, 3.63) is 66.9 Å². The normalized spacial score (nSPS) is 11.1. The number of nitrogens with one attached hydrogen (secondary N) is 1. The molecule has 0 bridgehead atoms. The Morgan fingerprint density at radius 3 is 2.41 bits per heavy atom. The predicted molar refractivity (Wildman–Crippen MR) is 89.8 cm³/mol. The van der Waals surface area contributed by atoms with Gasteiger partial charge in [-0.25, -0.2) is 0 Å². The van der Waals surface area contributed by atoms with Crippen LogP contribution >= 0.6 is 0 Å². The Morgan fingerprint density at radius 1 is 0.909 bits per heavy atom. The molecule has 22 heavy (non-hydrogen) atoms. The average Bonchev–Trinajstić information content (AvgIpc) is 3.11. The van der Waals surface area contributed by atoms with Crippen LogP contribution in [0.5, 0.6) is 5.75 Å². The van der Waals surface area contributed by atoms with E-state index >= 15 is 0 Å². The Kier molecular flexibility index (Phi) is 2.79. The van der Waals surface area contributed by atoms with Gasteiger partial charge in [0.2, 0.25) is 0 Å². The van der Waals surface area contributed by atoms with Crippen LogP contribution in [0.2, 0.25) is 0 Å². The fourth-order valence-electron chi connectivity index (χ4n) is 2.98. The van der Waals surface area contributed by atoms with Gasteiger partial charge in [0.25, 0.3) is 0 Å². The predicted octanol–water partition coefficient (Wildman–Crippen LogP) is 4.55. The first-order valence-corrected chi connectivity index (χ1v) is 7.26. The molecule has 2 aromatic heterocycles. The van der Waals surface area contributed by atoms with Crippen LogP contribution in [0.15, 0.2) is 66.9 Å². The third-order valence-corrected chi connectivity index (χ3v) is 4.06. The highest BCUT2D eigenvalue weighted by Crippen LogP contribution is 2.38. The van der Waals surface area contributed by atoms with Gasteiger partial charge in [-0.3, -0.25) is 0 Å². The molecule has 0 unspecified atom stereocenters. The third-order valence-electron chi connectivity index (χ3n) is 4.06. The Bertz CT molecular complexity index is 945. The molecule has 0 fully saturated rings. The number of aromatic nitrogens is 2. The number of hydrogen-bond acceptors (Lipinski definition) is 1. The zero-order valence-electron chi connectivity index (χ0n) is 12.2. The summed E-state index contributed by atoms with van der Waals surface area (Å²) in [5.74, 6) is 0.281. The number of para-hydroxylation sites is 1. The minimum atomic E-state index is 0.281. The average molecular weight is 288 g/mol. The molecule has 0 aliphatic rings. The van der Waals surface area contributed by atoms with Crippen molar-refractivity contribution in [1.82, 2.24) is 9.55 Å². The van der Waals surface area contributed by atoms with Gasteiger partial charge in [-0.05, 0) is 35.9 Å². The first kappa shape index (κ1) is 12.8. The van der Waals surface area contributed by atoms with Gasteiger partial charge in [0.1, 0.15) is 5.75 Å². The second kappa shape index (κ2) is 4.81. The second-order valence-electron chi connectivity index (χ2n) is 5.47. The monoisotopic (exact) mass is 288 g/mol. The van der Waals surface area contributed by atoms with Crippen LogP contribution in [0.3, 0.4) is 0 Å². The van der Waals surface area contributed by atoms with Crippen molar-refractivity contribution in [2.75, 3.05) is 0 Å². The Morgan fingerprint density at radius 2 is 1.68 bits per heavy atom. The van der Waals surface area contributed by atoms with Crippen molar-refractivity contribution in [3.63, 3.8) is 0 Å². The molecule has 0 saturated heterocycles. The van der Waals surface area contributed by atoms with E-state index in [2.05, 4.69) is 33.8 Å². The summed E-state index contributed by atoms with van der Waals surface area (Å²) in [5, 5.41) is 10.7. The minimum Gasteiger partial charge on any atom is -0.508 e. The van der Waals surface area contributed by atoms with Crippen molar-refractivity contribution in [2.24, 2.45) is 7.05 Å². The van der Waals surface area contributed by atoms with E-state index in [1.54, 1.807) is 12.1 Å². The lowest BCUT2D eigenvalue weighted by Crippen LogP contribution is -1.91. The number of H-pyrrole nitrogens is 1. The SMILES string of the molecule is Cn1cccc1-c1[nH]c2ccccc2c1-c1ccc(O)cc1. The summed E-state index contributed by atoms with van der Waals surface area (Å²) < 4.78 is 2.11. The first-order chi connectivity index (χ1) is 10.7. The molecule has 0 atom stereocenters. The number of rotatable bonds is 2. The molecule has 2 aromatic carbocycles. The summed E-state index contributed by atoms with van der Waals surface area (Å²) in [6, 6.07) is 19.8. The van der Waals surface area contributed by atoms with E-state index in [1.165, 1.54) is 5.39 Å². The number of nitrogens with zero attached hydrogens (tertiary/aromatic N) is 1. The molecular formula is C19H16N2O. The van der Waals surface area contributed by atoms with E-state index in [-0.39, 0.29) is 5.75 Å². The zero-order valence-corrected chi connectivity index (χ0v) is 12.2. The van der Waals surface area contributed by atoms with E-state index in [0.717, 1.165) is 28.0 Å². The zero-order chi connectivity index (χ0) is 15.1. The van der Waals surface area contributed by atoms with Crippen molar-refractivity contribution in [3.8, 4) is 28.3 Å². The number of fused-ring (bicyclic) bond motifs is 1. The van der Waals surface area contributed by atoms with Crippen molar-refractivity contribution in [1.29, 1.82) is 0 Å². The fraction of sp³-hybridized carbons (Fsp3) is 0.0526. The maximum Gasteiger partial charge on any atom is 0.115 e. The number of phenolic OH excluding ortho intramolecular Hbond substituents is 1. The smallest absolute Gasteiger partial charge is 0.115 e. The second-order valence-corrected chi connectivity index (χ2v) is 5.47. The molecule has 0 amide bonds. The van der Waals surface area contributed by atoms with Gasteiger partial charge in [0.15, 0.2) is 0 Å². The summed E-state index contributed by atoms with van der Waals surface area (Å²) in [6.45, 7) is 0. The molecule has 4 aromatic rings. The molecule has 2 N–H and O–H groups in total. The molecule has 2 heterocycles. The van der Waals surface area contributed by atoms with Crippen LogP contribution in [0.25, 0.3) is 33.4 Å². The lowest BCUT2D eigenvalue weighted by Gasteiger charge is -2.07. The van der Waals surface area contributed by atoms with Crippen LogP contribution in [0, 0.1) is 0 Å². The van der Waals surface area contributed by atoms with Gasteiger partial charge in [0.05, 0.1) is 11.4 Å². The molecule has 0 spiro atoms. The van der Waals surface area contributed by atoms with E-state index in [9.17, 15) is 5.11 Å². The van der Waals surface area contributed by atoms with Crippen LogP contribution in [0.1, 0.15) is 0 Å². The number of aromatic hydroxyl groups is 1. The molecule has 0 radical (unpaired) electrons. The van der Waals surface area contributed by atoms with Gasteiger partial charge in [0, 0.05) is 29.7 Å². The van der Waals surface area contributed by atoms with Crippen LogP contribution in [0.4, 0.5) is 0 Å². The summed E-state index contributed by atoms with van der Waals surface area (Å²) in [4.78, 5) is 3.54.